The van der Waals surface area contributed by atoms with E-state index in [9.17, 15) is 9.59 Å². The highest BCUT2D eigenvalue weighted by Crippen LogP contribution is 2.25. The van der Waals surface area contributed by atoms with E-state index >= 15 is 0 Å². The molecule has 1 aromatic heterocycles. The average molecular weight is 382 g/mol. The number of furan rings is 1. The minimum atomic E-state index is -0.918. The molecule has 0 aliphatic rings. The number of methoxy groups -OCH3 is 1. The molecular formula is C16H16BrNO5. The number of amides is 1. The molecular weight excluding hydrogens is 366 g/mol. The first-order chi connectivity index (χ1) is 11.0. The van der Waals surface area contributed by atoms with Crippen LogP contribution in [0.1, 0.15) is 23.0 Å². The van der Waals surface area contributed by atoms with Gasteiger partial charge in [-0.3, -0.25) is 4.79 Å². The number of hydrogen-bond acceptors (Lipinski definition) is 5. The molecule has 6 nitrogen and oxygen atoms in total. The van der Waals surface area contributed by atoms with Gasteiger partial charge in [-0.15, -0.1) is 0 Å². The van der Waals surface area contributed by atoms with E-state index in [4.69, 9.17) is 13.9 Å². The number of ether oxygens (including phenoxy) is 2. The summed E-state index contributed by atoms with van der Waals surface area (Å²) in [7, 11) is 1.53. The van der Waals surface area contributed by atoms with Crippen LogP contribution in [0.3, 0.4) is 0 Å². The average Bonchev–Trinajstić information content (AvgIpc) is 3.05. The predicted octanol–water partition coefficient (Wildman–Crippen LogP) is 2.91. The molecule has 1 amide bonds. The van der Waals surface area contributed by atoms with Gasteiger partial charge in [0.05, 0.1) is 30.0 Å². The quantitative estimate of drug-likeness (QED) is 0.778. The van der Waals surface area contributed by atoms with Crippen molar-refractivity contribution in [1.29, 1.82) is 0 Å². The zero-order valence-corrected chi connectivity index (χ0v) is 14.3. The SMILES string of the molecule is COc1ccc(C(=O)OC(C)C(=O)NCc2ccco2)cc1Br. The molecule has 0 saturated heterocycles. The number of nitrogens with one attached hydrogen (secondary N) is 1. The summed E-state index contributed by atoms with van der Waals surface area (Å²) in [6.45, 7) is 1.75. The van der Waals surface area contributed by atoms with E-state index in [0.29, 0.717) is 21.5 Å². The molecule has 0 radical (unpaired) electrons. The van der Waals surface area contributed by atoms with Crippen LogP contribution in [0.15, 0.2) is 45.5 Å². The van der Waals surface area contributed by atoms with Gasteiger partial charge in [-0.2, -0.15) is 0 Å². The standard InChI is InChI=1S/C16H16BrNO5/c1-10(15(19)18-9-12-4-3-7-22-12)23-16(20)11-5-6-14(21-2)13(17)8-11/h3-8,10H,9H2,1-2H3,(H,18,19). The minimum absolute atomic E-state index is 0.238. The molecule has 1 atom stereocenters. The second-order valence-electron chi connectivity index (χ2n) is 4.69. The van der Waals surface area contributed by atoms with Crippen LogP contribution in [-0.2, 0) is 16.1 Å². The van der Waals surface area contributed by atoms with Crippen LogP contribution in [0.2, 0.25) is 0 Å². The molecule has 1 heterocycles. The lowest BCUT2D eigenvalue weighted by Gasteiger charge is -2.13. The lowest BCUT2D eigenvalue weighted by molar-refractivity contribution is -0.129. The van der Waals surface area contributed by atoms with Crippen LogP contribution in [0.25, 0.3) is 0 Å². The van der Waals surface area contributed by atoms with Crippen LogP contribution in [-0.4, -0.2) is 25.1 Å². The largest absolute Gasteiger partial charge is 0.496 e. The molecule has 7 heteroatoms. The van der Waals surface area contributed by atoms with Crippen molar-refractivity contribution in [1.82, 2.24) is 5.32 Å². The van der Waals surface area contributed by atoms with Gasteiger partial charge < -0.3 is 19.2 Å². The molecule has 0 spiro atoms. The Hall–Kier alpha value is -2.28. The van der Waals surface area contributed by atoms with Crippen LogP contribution in [0.5, 0.6) is 5.75 Å². The Bertz CT molecular complexity index is 684. The first-order valence-electron chi connectivity index (χ1n) is 6.86. The van der Waals surface area contributed by atoms with Crippen molar-refractivity contribution in [3.8, 4) is 5.75 Å². The third kappa shape index (κ3) is 4.59. The van der Waals surface area contributed by atoms with Crippen molar-refractivity contribution in [3.05, 3.63) is 52.4 Å². The Morgan fingerprint density at radius 2 is 2.13 bits per heavy atom. The van der Waals surface area contributed by atoms with Gasteiger partial charge in [0, 0.05) is 0 Å². The fourth-order valence-electron chi connectivity index (χ4n) is 1.81. The molecule has 23 heavy (non-hydrogen) atoms. The van der Waals surface area contributed by atoms with Crippen molar-refractivity contribution in [2.45, 2.75) is 19.6 Å². The van der Waals surface area contributed by atoms with E-state index in [-0.39, 0.29) is 6.54 Å². The van der Waals surface area contributed by atoms with E-state index in [1.165, 1.54) is 20.3 Å². The van der Waals surface area contributed by atoms with E-state index in [2.05, 4.69) is 21.2 Å². The van der Waals surface area contributed by atoms with E-state index in [1.807, 2.05) is 0 Å². The zero-order chi connectivity index (χ0) is 16.8. The maximum absolute atomic E-state index is 12.1. The first-order valence-corrected chi connectivity index (χ1v) is 7.65. The summed E-state index contributed by atoms with van der Waals surface area (Å²) in [5.41, 5.74) is 0.323. The number of esters is 1. The van der Waals surface area contributed by atoms with Gasteiger partial charge in [-0.1, -0.05) is 0 Å². The highest BCUT2D eigenvalue weighted by Gasteiger charge is 2.19. The molecule has 0 aliphatic heterocycles. The van der Waals surface area contributed by atoms with Crippen LogP contribution in [0.4, 0.5) is 0 Å². The van der Waals surface area contributed by atoms with E-state index < -0.39 is 18.0 Å². The first kappa shape index (κ1) is 17.1. The molecule has 1 N–H and O–H groups in total. The summed E-state index contributed by atoms with van der Waals surface area (Å²) >= 11 is 3.30. The van der Waals surface area contributed by atoms with Crippen LogP contribution >= 0.6 is 15.9 Å². The van der Waals surface area contributed by atoms with Crippen molar-refractivity contribution >= 4 is 27.8 Å². The Morgan fingerprint density at radius 1 is 1.35 bits per heavy atom. The van der Waals surface area contributed by atoms with Crippen LogP contribution in [0, 0.1) is 0 Å². The van der Waals surface area contributed by atoms with Gasteiger partial charge in [0.1, 0.15) is 11.5 Å². The van der Waals surface area contributed by atoms with Crippen molar-refractivity contribution in [2.24, 2.45) is 0 Å². The van der Waals surface area contributed by atoms with Gasteiger partial charge in [0.15, 0.2) is 6.10 Å². The Labute approximate surface area is 141 Å². The molecule has 1 unspecified atom stereocenters. The smallest absolute Gasteiger partial charge is 0.338 e. The summed E-state index contributed by atoms with van der Waals surface area (Å²) in [6, 6.07) is 8.26. The van der Waals surface area contributed by atoms with E-state index in [1.54, 1.807) is 30.3 Å². The summed E-state index contributed by atoms with van der Waals surface area (Å²) in [6.07, 6.45) is 0.602. The second-order valence-corrected chi connectivity index (χ2v) is 5.55. The summed E-state index contributed by atoms with van der Waals surface area (Å²) < 4.78 is 16.0. The van der Waals surface area contributed by atoms with Gasteiger partial charge in [0.25, 0.3) is 5.91 Å². The van der Waals surface area contributed by atoms with Gasteiger partial charge in [-0.25, -0.2) is 4.79 Å². The highest BCUT2D eigenvalue weighted by atomic mass is 79.9. The van der Waals surface area contributed by atoms with Gasteiger partial charge >= 0.3 is 5.97 Å². The van der Waals surface area contributed by atoms with Crippen molar-refractivity contribution in [2.75, 3.05) is 7.11 Å². The van der Waals surface area contributed by atoms with Gasteiger partial charge in [-0.05, 0) is 53.2 Å². The Kier molecular flexibility index (Phi) is 5.81. The lowest BCUT2D eigenvalue weighted by atomic mass is 10.2. The predicted molar refractivity (Wildman–Crippen MR) is 86.1 cm³/mol. The number of rotatable bonds is 6. The number of halogens is 1. The number of benzene rings is 1. The zero-order valence-electron chi connectivity index (χ0n) is 12.7. The normalized spacial score (nSPS) is 11.6. The molecule has 1 aromatic carbocycles. The topological polar surface area (TPSA) is 77.8 Å². The summed E-state index contributed by atoms with van der Waals surface area (Å²) in [5, 5.41) is 2.63. The minimum Gasteiger partial charge on any atom is -0.496 e. The molecule has 0 bridgehead atoms. The van der Waals surface area contributed by atoms with E-state index in [0.717, 1.165) is 0 Å². The summed E-state index contributed by atoms with van der Waals surface area (Å²) in [5.74, 6) is 0.234. The molecule has 2 rings (SSSR count). The molecule has 0 aliphatic carbocycles. The van der Waals surface area contributed by atoms with Gasteiger partial charge in [0.2, 0.25) is 0 Å². The third-order valence-electron chi connectivity index (χ3n) is 3.06. The highest BCUT2D eigenvalue weighted by molar-refractivity contribution is 9.10. The van der Waals surface area contributed by atoms with Crippen molar-refractivity contribution in [3.63, 3.8) is 0 Å². The summed E-state index contributed by atoms with van der Waals surface area (Å²) in [4.78, 5) is 24.0. The number of hydrogen-bond donors (Lipinski definition) is 1. The molecule has 122 valence electrons. The molecule has 0 saturated carbocycles. The maximum atomic E-state index is 12.1. The van der Waals surface area contributed by atoms with Crippen LogP contribution < -0.4 is 10.1 Å². The number of carbonyl (C=O) groups is 2. The van der Waals surface area contributed by atoms with Crippen molar-refractivity contribution < 1.29 is 23.5 Å². The lowest BCUT2D eigenvalue weighted by Crippen LogP contribution is -2.35. The number of carbonyl (C=O) groups excluding carboxylic acids is 2. The third-order valence-corrected chi connectivity index (χ3v) is 3.68. The molecule has 0 fully saturated rings. The maximum Gasteiger partial charge on any atom is 0.338 e. The Balaban J connectivity index is 1.90. The molecule has 2 aromatic rings. The second kappa shape index (κ2) is 7.82. The monoisotopic (exact) mass is 381 g/mol. The Morgan fingerprint density at radius 3 is 2.74 bits per heavy atom. The fourth-order valence-corrected chi connectivity index (χ4v) is 2.35. The fraction of sp³-hybridized carbons (Fsp3) is 0.250.